The number of aryl methyl sites for hydroxylation is 2. The van der Waals surface area contributed by atoms with Gasteiger partial charge in [-0.1, -0.05) is 31.0 Å². The van der Waals surface area contributed by atoms with E-state index in [0.29, 0.717) is 6.04 Å². The van der Waals surface area contributed by atoms with Crippen LogP contribution in [0.2, 0.25) is 0 Å². The minimum atomic E-state index is 0.0618. The molecule has 1 aromatic carbocycles. The van der Waals surface area contributed by atoms with Crippen LogP contribution in [0, 0.1) is 6.92 Å². The van der Waals surface area contributed by atoms with Gasteiger partial charge < -0.3 is 5.32 Å². The first-order chi connectivity index (χ1) is 11.6. The lowest BCUT2D eigenvalue weighted by Crippen LogP contribution is -2.24. The third kappa shape index (κ3) is 2.40. The molecular weight excluding hydrogens is 300 g/mol. The lowest BCUT2D eigenvalue weighted by atomic mass is 10.2. The Hall–Kier alpha value is -2.56. The van der Waals surface area contributed by atoms with E-state index in [1.54, 1.807) is 10.8 Å². The van der Waals surface area contributed by atoms with Crippen LogP contribution in [-0.2, 0) is 7.05 Å². The summed E-state index contributed by atoms with van der Waals surface area (Å²) in [5.74, 6) is 0.772. The summed E-state index contributed by atoms with van der Waals surface area (Å²) in [6, 6.07) is 10.4. The number of rotatable bonds is 3. The Morgan fingerprint density at radius 2 is 1.92 bits per heavy atom. The van der Waals surface area contributed by atoms with Crippen molar-refractivity contribution in [3.8, 4) is 0 Å². The van der Waals surface area contributed by atoms with E-state index >= 15 is 0 Å². The molecule has 0 saturated heterocycles. The number of hydrogen-bond donors (Lipinski definition) is 1. The zero-order valence-corrected chi connectivity index (χ0v) is 14.1. The van der Waals surface area contributed by atoms with Crippen LogP contribution in [0.5, 0.6) is 0 Å². The number of nitrogens with zero attached hydrogens (tertiary/aromatic N) is 3. The zero-order valence-electron chi connectivity index (χ0n) is 14.1. The Bertz CT molecular complexity index is 948. The summed E-state index contributed by atoms with van der Waals surface area (Å²) in [7, 11) is 1.83. The molecule has 2 aromatic heterocycles. The summed E-state index contributed by atoms with van der Waals surface area (Å²) in [5.41, 5.74) is 4.13. The molecule has 1 saturated carbocycles. The third-order valence-corrected chi connectivity index (χ3v) is 5.07. The topological polar surface area (TPSA) is 51.9 Å². The van der Waals surface area contributed by atoms with Crippen LogP contribution in [-0.4, -0.2) is 14.1 Å². The largest absolute Gasteiger partial charge is 0.340 e. The molecule has 3 aromatic rings. The van der Waals surface area contributed by atoms with Crippen molar-refractivity contribution in [1.29, 1.82) is 0 Å². The molecule has 5 nitrogen and oxygen atoms in total. The number of pyridine rings is 1. The standard InChI is InChI=1S/C19H22N4O/c1-13-7-3-6-10-15(13)21-18-11-16-17(12-20-18)22(2)19(24)23(16)14-8-4-5-9-14/h3,6-7,10-12,14H,4-5,8-9H2,1-2H3,(H,20,21). The molecule has 0 radical (unpaired) electrons. The van der Waals surface area contributed by atoms with Gasteiger partial charge in [-0.15, -0.1) is 0 Å². The number of hydrogen-bond acceptors (Lipinski definition) is 3. The van der Waals surface area contributed by atoms with E-state index in [-0.39, 0.29) is 5.69 Å². The SMILES string of the molecule is Cc1ccccc1Nc1cc2c(cn1)n(C)c(=O)n2C1CCCC1. The highest BCUT2D eigenvalue weighted by atomic mass is 16.1. The first-order valence-electron chi connectivity index (χ1n) is 8.55. The predicted octanol–water partition coefficient (Wildman–Crippen LogP) is 3.90. The first kappa shape index (κ1) is 15.0. The summed E-state index contributed by atoms with van der Waals surface area (Å²) in [5, 5.41) is 3.38. The van der Waals surface area contributed by atoms with Crippen molar-refractivity contribution in [2.24, 2.45) is 7.05 Å². The van der Waals surface area contributed by atoms with Crippen molar-refractivity contribution < 1.29 is 0 Å². The van der Waals surface area contributed by atoms with E-state index < -0.39 is 0 Å². The van der Waals surface area contributed by atoms with Crippen molar-refractivity contribution in [3.63, 3.8) is 0 Å². The molecule has 0 unspecified atom stereocenters. The average Bonchev–Trinajstić information content (AvgIpc) is 3.18. The van der Waals surface area contributed by atoms with Gasteiger partial charge in [0.25, 0.3) is 0 Å². The molecule has 5 heteroatoms. The number of nitrogens with one attached hydrogen (secondary N) is 1. The van der Waals surface area contributed by atoms with Gasteiger partial charge in [-0.25, -0.2) is 9.78 Å². The van der Waals surface area contributed by atoms with Crippen LogP contribution in [0.3, 0.4) is 0 Å². The maximum absolute atomic E-state index is 12.7. The number of benzene rings is 1. The smallest absolute Gasteiger partial charge is 0.329 e. The first-order valence-corrected chi connectivity index (χ1v) is 8.55. The quantitative estimate of drug-likeness (QED) is 0.795. The van der Waals surface area contributed by atoms with E-state index in [9.17, 15) is 4.79 Å². The molecule has 4 rings (SSSR count). The Kier molecular flexibility index (Phi) is 3.63. The predicted molar refractivity (Wildman–Crippen MR) is 96.9 cm³/mol. The summed E-state index contributed by atoms with van der Waals surface area (Å²) < 4.78 is 3.67. The molecule has 1 fully saturated rings. The highest BCUT2D eigenvalue weighted by Crippen LogP contribution is 2.31. The minimum Gasteiger partial charge on any atom is -0.340 e. The summed E-state index contributed by atoms with van der Waals surface area (Å²) in [4.78, 5) is 17.2. The monoisotopic (exact) mass is 322 g/mol. The Morgan fingerprint density at radius 3 is 2.67 bits per heavy atom. The molecular formula is C19H22N4O. The fourth-order valence-corrected chi connectivity index (χ4v) is 3.69. The molecule has 24 heavy (non-hydrogen) atoms. The van der Waals surface area contributed by atoms with Crippen molar-refractivity contribution in [1.82, 2.24) is 14.1 Å². The summed E-state index contributed by atoms with van der Waals surface area (Å²) in [6.07, 6.45) is 6.37. The van der Waals surface area contributed by atoms with Crippen molar-refractivity contribution in [2.75, 3.05) is 5.32 Å². The van der Waals surface area contributed by atoms with E-state index in [4.69, 9.17) is 0 Å². The fraction of sp³-hybridized carbons (Fsp3) is 0.368. The van der Waals surface area contributed by atoms with Crippen molar-refractivity contribution >= 4 is 22.5 Å². The number of anilines is 2. The number of para-hydroxylation sites is 1. The molecule has 124 valence electrons. The van der Waals surface area contributed by atoms with E-state index in [1.165, 1.54) is 18.4 Å². The second-order valence-corrected chi connectivity index (χ2v) is 6.65. The molecule has 0 aliphatic heterocycles. The van der Waals surface area contributed by atoms with Gasteiger partial charge in [0, 0.05) is 24.8 Å². The molecule has 2 heterocycles. The second kappa shape index (κ2) is 5.82. The molecule has 0 amide bonds. The third-order valence-electron chi connectivity index (χ3n) is 5.07. The van der Waals surface area contributed by atoms with Gasteiger partial charge in [0.2, 0.25) is 0 Å². The number of fused-ring (bicyclic) bond motifs is 1. The van der Waals surface area contributed by atoms with Gasteiger partial charge in [0.15, 0.2) is 0 Å². The van der Waals surface area contributed by atoms with Crippen LogP contribution in [0.25, 0.3) is 11.0 Å². The van der Waals surface area contributed by atoms with Gasteiger partial charge >= 0.3 is 5.69 Å². The second-order valence-electron chi connectivity index (χ2n) is 6.65. The van der Waals surface area contributed by atoms with Crippen molar-refractivity contribution in [3.05, 3.63) is 52.6 Å². The van der Waals surface area contributed by atoms with E-state index in [1.807, 2.05) is 35.9 Å². The Labute approximate surface area is 140 Å². The van der Waals surface area contributed by atoms with Crippen molar-refractivity contribution in [2.45, 2.75) is 38.6 Å². The van der Waals surface area contributed by atoms with Crippen LogP contribution >= 0.6 is 0 Å². The highest BCUT2D eigenvalue weighted by molar-refractivity contribution is 5.79. The molecule has 1 N–H and O–H groups in total. The normalized spacial score (nSPS) is 15.2. The summed E-state index contributed by atoms with van der Waals surface area (Å²) in [6.45, 7) is 2.07. The summed E-state index contributed by atoms with van der Waals surface area (Å²) >= 11 is 0. The lowest BCUT2D eigenvalue weighted by molar-refractivity contribution is 0.509. The van der Waals surface area contributed by atoms with Crippen LogP contribution < -0.4 is 11.0 Å². The molecule has 1 aliphatic carbocycles. The zero-order chi connectivity index (χ0) is 16.7. The molecule has 0 spiro atoms. The Morgan fingerprint density at radius 1 is 1.17 bits per heavy atom. The van der Waals surface area contributed by atoms with E-state index in [2.05, 4.69) is 23.3 Å². The van der Waals surface area contributed by atoms with E-state index in [0.717, 1.165) is 35.4 Å². The van der Waals surface area contributed by atoms with Gasteiger partial charge in [0.1, 0.15) is 5.82 Å². The van der Waals surface area contributed by atoms with Crippen LogP contribution in [0.1, 0.15) is 37.3 Å². The average molecular weight is 322 g/mol. The molecule has 0 bridgehead atoms. The molecule has 1 aliphatic rings. The van der Waals surface area contributed by atoms with Crippen LogP contribution in [0.15, 0.2) is 41.3 Å². The maximum Gasteiger partial charge on any atom is 0.329 e. The fourth-order valence-electron chi connectivity index (χ4n) is 3.69. The van der Waals surface area contributed by atoms with Gasteiger partial charge in [-0.3, -0.25) is 9.13 Å². The van der Waals surface area contributed by atoms with Crippen LogP contribution in [0.4, 0.5) is 11.5 Å². The lowest BCUT2D eigenvalue weighted by Gasteiger charge is -2.12. The highest BCUT2D eigenvalue weighted by Gasteiger charge is 2.23. The van der Waals surface area contributed by atoms with Gasteiger partial charge in [-0.05, 0) is 31.4 Å². The maximum atomic E-state index is 12.7. The minimum absolute atomic E-state index is 0.0618. The molecule has 0 atom stereocenters. The van der Waals surface area contributed by atoms with Gasteiger partial charge in [0.05, 0.1) is 17.2 Å². The van der Waals surface area contributed by atoms with Gasteiger partial charge in [-0.2, -0.15) is 0 Å². The number of imidazole rings is 1. The number of aromatic nitrogens is 3. The Balaban J connectivity index is 1.81.